The van der Waals surface area contributed by atoms with E-state index in [1.54, 1.807) is 36.4 Å². The van der Waals surface area contributed by atoms with Crippen molar-refractivity contribution in [2.24, 2.45) is 0 Å². The van der Waals surface area contributed by atoms with Gasteiger partial charge in [0.05, 0.1) is 21.3 Å². The number of ether oxygens (including phenoxy) is 4. The van der Waals surface area contributed by atoms with Crippen LogP contribution in [-0.2, 0) is 17.8 Å². The molecule has 0 spiro atoms. The maximum Gasteiger partial charge on any atom is 0.405 e. The van der Waals surface area contributed by atoms with Gasteiger partial charge in [-0.05, 0) is 23.3 Å². The van der Waals surface area contributed by atoms with Crippen molar-refractivity contribution in [3.63, 3.8) is 0 Å². The van der Waals surface area contributed by atoms with Crippen LogP contribution in [0.4, 0.5) is 10.5 Å². The Morgan fingerprint density at radius 1 is 0.829 bits per heavy atom. The molecular formula is C26H28N2O7. The Bertz CT molecular complexity index is 1110. The molecule has 0 radical (unpaired) electrons. The Hall–Kier alpha value is -4.40. The van der Waals surface area contributed by atoms with Gasteiger partial charge in [0, 0.05) is 18.6 Å². The molecule has 3 aromatic rings. The van der Waals surface area contributed by atoms with Gasteiger partial charge in [-0.25, -0.2) is 4.79 Å². The largest absolute Gasteiger partial charge is 0.496 e. The summed E-state index contributed by atoms with van der Waals surface area (Å²) >= 11 is 0. The summed E-state index contributed by atoms with van der Waals surface area (Å²) in [6.07, 6.45) is -1.20. The number of carbonyl (C=O) groups is 2. The molecule has 0 heterocycles. The van der Waals surface area contributed by atoms with Crippen LogP contribution in [0.1, 0.15) is 11.1 Å². The Morgan fingerprint density at radius 2 is 1.46 bits per heavy atom. The van der Waals surface area contributed by atoms with Gasteiger partial charge in [0.15, 0.2) is 0 Å². The van der Waals surface area contributed by atoms with E-state index in [-0.39, 0.29) is 12.1 Å². The zero-order chi connectivity index (χ0) is 25.2. The third kappa shape index (κ3) is 7.04. The molecular weight excluding hydrogens is 452 g/mol. The van der Waals surface area contributed by atoms with Gasteiger partial charge >= 0.3 is 6.09 Å². The van der Waals surface area contributed by atoms with Crippen molar-refractivity contribution >= 4 is 17.7 Å². The summed E-state index contributed by atoms with van der Waals surface area (Å²) in [6.45, 7) is 0.428. The molecule has 35 heavy (non-hydrogen) atoms. The minimum absolute atomic E-state index is 0.123. The maximum absolute atomic E-state index is 13.1. The predicted octanol–water partition coefficient (Wildman–Crippen LogP) is 4.11. The number of amides is 2. The number of benzene rings is 3. The molecule has 3 N–H and O–H groups in total. The highest BCUT2D eigenvalue weighted by molar-refractivity contribution is 5.99. The van der Waals surface area contributed by atoms with Gasteiger partial charge in [0.2, 0.25) is 5.91 Å². The molecule has 0 aromatic heterocycles. The second-order valence-corrected chi connectivity index (χ2v) is 7.52. The lowest BCUT2D eigenvalue weighted by molar-refractivity contribution is -0.118. The van der Waals surface area contributed by atoms with Crippen molar-refractivity contribution in [3.05, 3.63) is 77.9 Å². The molecule has 1 unspecified atom stereocenters. The second-order valence-electron chi connectivity index (χ2n) is 7.52. The zero-order valence-corrected chi connectivity index (χ0v) is 19.7. The predicted molar refractivity (Wildman–Crippen MR) is 131 cm³/mol. The molecule has 3 aromatic carbocycles. The van der Waals surface area contributed by atoms with Gasteiger partial charge in [-0.2, -0.15) is 0 Å². The highest BCUT2D eigenvalue weighted by Gasteiger charge is 2.24. The number of carboxylic acid groups (broad SMARTS) is 1. The fraction of sp³-hybridized carbons (Fsp3) is 0.231. The average molecular weight is 481 g/mol. The third-order valence-corrected chi connectivity index (χ3v) is 5.19. The van der Waals surface area contributed by atoms with Crippen molar-refractivity contribution in [2.45, 2.75) is 19.1 Å². The van der Waals surface area contributed by atoms with Crippen molar-refractivity contribution < 1.29 is 33.6 Å². The van der Waals surface area contributed by atoms with Gasteiger partial charge in [-0.15, -0.1) is 0 Å². The molecule has 0 aliphatic rings. The number of rotatable bonds is 11. The Balaban J connectivity index is 1.72. The van der Waals surface area contributed by atoms with Gasteiger partial charge in [0.25, 0.3) is 0 Å². The standard InChI is InChI=1S/C26H28N2O7/c1-32-20-14-22(33-2)24(23(15-20)34-3)28-25(29)21(27-26(30)31)13-17-9-11-19(12-10-17)35-16-18-7-5-4-6-8-18/h4-12,14-15,21,27H,13,16H2,1-3H3,(H,28,29)(H,30,31). The normalized spacial score (nSPS) is 11.2. The van der Waals surface area contributed by atoms with Crippen LogP contribution in [0.15, 0.2) is 66.7 Å². The summed E-state index contributed by atoms with van der Waals surface area (Å²) < 4.78 is 21.7. The van der Waals surface area contributed by atoms with E-state index >= 15 is 0 Å². The average Bonchev–Trinajstić information content (AvgIpc) is 2.88. The quantitative estimate of drug-likeness (QED) is 0.378. The molecule has 9 nitrogen and oxygen atoms in total. The number of carbonyl (C=O) groups excluding carboxylic acids is 1. The Kier molecular flexibility index (Phi) is 8.77. The number of nitrogens with one attached hydrogen (secondary N) is 2. The fourth-order valence-electron chi connectivity index (χ4n) is 3.40. The van der Waals surface area contributed by atoms with E-state index in [9.17, 15) is 14.7 Å². The van der Waals surface area contributed by atoms with Gasteiger partial charge in [-0.3, -0.25) is 4.79 Å². The molecule has 0 saturated heterocycles. The summed E-state index contributed by atoms with van der Waals surface area (Å²) in [5.74, 6) is 1.19. The van der Waals surface area contributed by atoms with E-state index < -0.39 is 18.0 Å². The van der Waals surface area contributed by atoms with Crippen molar-refractivity contribution in [3.8, 4) is 23.0 Å². The molecule has 2 amide bonds. The van der Waals surface area contributed by atoms with Crippen molar-refractivity contribution in [1.82, 2.24) is 5.32 Å². The van der Waals surface area contributed by atoms with Crippen LogP contribution in [0, 0.1) is 0 Å². The SMILES string of the molecule is COc1cc(OC)c(NC(=O)C(Cc2ccc(OCc3ccccc3)cc2)NC(=O)O)c(OC)c1. The topological polar surface area (TPSA) is 115 Å². The Labute approximate surface area is 203 Å². The summed E-state index contributed by atoms with van der Waals surface area (Å²) in [4.78, 5) is 24.4. The van der Waals surface area contributed by atoms with Crippen LogP contribution in [0.25, 0.3) is 0 Å². The van der Waals surface area contributed by atoms with E-state index in [1.807, 2.05) is 30.3 Å². The first-order valence-corrected chi connectivity index (χ1v) is 10.8. The Morgan fingerprint density at radius 3 is 2.00 bits per heavy atom. The summed E-state index contributed by atoms with van der Waals surface area (Å²) in [7, 11) is 4.38. The van der Waals surface area contributed by atoms with E-state index in [2.05, 4.69) is 10.6 Å². The first kappa shape index (κ1) is 25.2. The van der Waals surface area contributed by atoms with Crippen molar-refractivity contribution in [2.75, 3.05) is 26.6 Å². The first-order valence-electron chi connectivity index (χ1n) is 10.8. The minimum atomic E-state index is -1.32. The molecule has 184 valence electrons. The molecule has 3 rings (SSSR count). The molecule has 0 bridgehead atoms. The summed E-state index contributed by atoms with van der Waals surface area (Å²) in [5, 5.41) is 14.3. The highest BCUT2D eigenvalue weighted by Crippen LogP contribution is 2.39. The van der Waals surface area contributed by atoms with E-state index in [0.717, 1.165) is 11.1 Å². The number of methoxy groups -OCH3 is 3. The van der Waals surface area contributed by atoms with Crippen molar-refractivity contribution in [1.29, 1.82) is 0 Å². The number of hydrogen-bond acceptors (Lipinski definition) is 6. The van der Waals surface area contributed by atoms with Crippen LogP contribution in [-0.4, -0.2) is 44.5 Å². The molecule has 9 heteroatoms. The van der Waals surface area contributed by atoms with Crippen LogP contribution >= 0.6 is 0 Å². The summed E-state index contributed by atoms with van der Waals surface area (Å²) in [6, 6.07) is 19.0. The molecule has 0 saturated carbocycles. The number of anilines is 1. The smallest absolute Gasteiger partial charge is 0.405 e. The maximum atomic E-state index is 13.1. The lowest BCUT2D eigenvalue weighted by atomic mass is 10.0. The molecule has 0 aliphatic carbocycles. The fourth-order valence-corrected chi connectivity index (χ4v) is 3.40. The second kappa shape index (κ2) is 12.2. The lowest BCUT2D eigenvalue weighted by Gasteiger charge is -2.20. The van der Waals surface area contributed by atoms with Crippen LogP contribution < -0.4 is 29.6 Å². The summed E-state index contributed by atoms with van der Waals surface area (Å²) in [5.41, 5.74) is 2.06. The number of hydrogen-bond donors (Lipinski definition) is 3. The van der Waals surface area contributed by atoms with E-state index in [1.165, 1.54) is 21.3 Å². The van der Waals surface area contributed by atoms with E-state index in [4.69, 9.17) is 18.9 Å². The lowest BCUT2D eigenvalue weighted by Crippen LogP contribution is -2.44. The monoisotopic (exact) mass is 480 g/mol. The highest BCUT2D eigenvalue weighted by atomic mass is 16.5. The van der Waals surface area contributed by atoms with Gasteiger partial charge in [0.1, 0.15) is 41.3 Å². The third-order valence-electron chi connectivity index (χ3n) is 5.19. The van der Waals surface area contributed by atoms with Gasteiger partial charge < -0.3 is 34.7 Å². The molecule has 0 aliphatic heterocycles. The minimum Gasteiger partial charge on any atom is -0.496 e. The van der Waals surface area contributed by atoms with Crippen LogP contribution in [0.2, 0.25) is 0 Å². The molecule has 1 atom stereocenters. The van der Waals surface area contributed by atoms with Crippen LogP contribution in [0.5, 0.6) is 23.0 Å². The first-order chi connectivity index (χ1) is 16.9. The zero-order valence-electron chi connectivity index (χ0n) is 19.7. The van der Waals surface area contributed by atoms with Crippen LogP contribution in [0.3, 0.4) is 0 Å². The van der Waals surface area contributed by atoms with E-state index in [0.29, 0.717) is 29.6 Å². The van der Waals surface area contributed by atoms with Gasteiger partial charge in [-0.1, -0.05) is 42.5 Å². The molecule has 0 fully saturated rings.